The van der Waals surface area contributed by atoms with Crippen LogP contribution in [0.15, 0.2) is 18.2 Å². The van der Waals surface area contributed by atoms with Crippen molar-refractivity contribution in [2.75, 3.05) is 7.11 Å². The summed E-state index contributed by atoms with van der Waals surface area (Å²) < 4.78 is 19.3. The zero-order valence-electron chi connectivity index (χ0n) is 16.9. The Morgan fingerprint density at radius 3 is 2.48 bits per heavy atom. The smallest absolute Gasteiger partial charge is 0.184 e. The Labute approximate surface area is 169 Å². The minimum absolute atomic E-state index is 0.201. The van der Waals surface area contributed by atoms with Crippen LogP contribution in [0.5, 0.6) is 5.75 Å². The molecule has 0 saturated heterocycles. The quantitative estimate of drug-likeness (QED) is 0.426. The van der Waals surface area contributed by atoms with Crippen molar-refractivity contribution < 1.29 is 9.13 Å². The van der Waals surface area contributed by atoms with Crippen molar-refractivity contribution in [2.45, 2.75) is 77.6 Å². The lowest BCUT2D eigenvalue weighted by Crippen LogP contribution is -2.23. The van der Waals surface area contributed by atoms with Crippen molar-refractivity contribution in [3.63, 3.8) is 0 Å². The van der Waals surface area contributed by atoms with Gasteiger partial charge in [0.25, 0.3) is 0 Å². The summed E-state index contributed by atoms with van der Waals surface area (Å²) in [7, 11) is 1.47. The number of ether oxygens (including phenoxy) is 1. The molecule has 2 aliphatic rings. The van der Waals surface area contributed by atoms with Crippen LogP contribution in [0.2, 0.25) is 5.02 Å². The fourth-order valence-electron chi connectivity index (χ4n) is 5.10. The molecule has 0 amide bonds. The first-order chi connectivity index (χ1) is 13.1. The largest absolute Gasteiger partial charge is 0.494 e. The van der Waals surface area contributed by atoms with Gasteiger partial charge < -0.3 is 4.74 Å². The Bertz CT molecular complexity index is 646. The van der Waals surface area contributed by atoms with Crippen LogP contribution in [0.3, 0.4) is 0 Å². The van der Waals surface area contributed by atoms with Gasteiger partial charge in [-0.25, -0.2) is 4.39 Å². The van der Waals surface area contributed by atoms with Crippen LogP contribution in [0, 0.1) is 23.6 Å². The molecule has 1 saturated carbocycles. The molecule has 3 rings (SSSR count). The second kappa shape index (κ2) is 9.96. The van der Waals surface area contributed by atoms with Gasteiger partial charge in [-0.05, 0) is 73.1 Å². The standard InChI is InChI=1S/C24H34ClFO/c1-3-4-5-6-17-7-9-18(10-8-17)19-11-13-20(14-12-19)21-15-16-22(27-2)24(26)23(21)25/h13,15-19H,3-12,14H2,1-2H3. The number of hydrogen-bond acceptors (Lipinski definition) is 1. The molecule has 1 aromatic carbocycles. The topological polar surface area (TPSA) is 9.23 Å². The molecule has 1 fully saturated rings. The van der Waals surface area contributed by atoms with Crippen LogP contribution in [0.1, 0.15) is 83.1 Å². The first-order valence-electron chi connectivity index (χ1n) is 10.8. The Morgan fingerprint density at radius 1 is 1.07 bits per heavy atom. The van der Waals surface area contributed by atoms with Gasteiger partial charge in [0, 0.05) is 0 Å². The van der Waals surface area contributed by atoms with Crippen LogP contribution < -0.4 is 4.74 Å². The number of unbranched alkanes of at least 4 members (excludes halogenated alkanes) is 2. The van der Waals surface area contributed by atoms with Crippen molar-refractivity contribution in [3.8, 4) is 5.75 Å². The molecule has 150 valence electrons. The lowest BCUT2D eigenvalue weighted by Gasteiger charge is -2.35. The summed E-state index contributed by atoms with van der Waals surface area (Å²) in [6, 6.07) is 3.58. The third kappa shape index (κ3) is 5.08. The molecule has 0 spiro atoms. The van der Waals surface area contributed by atoms with Gasteiger partial charge in [0.15, 0.2) is 11.6 Å². The van der Waals surface area contributed by atoms with E-state index in [1.165, 1.54) is 70.5 Å². The molecule has 0 aromatic heterocycles. The van der Waals surface area contributed by atoms with Gasteiger partial charge >= 0.3 is 0 Å². The SMILES string of the molecule is CCCCCC1CCC(C2CC=C(c3ccc(OC)c(F)c3Cl)CC2)CC1. The van der Waals surface area contributed by atoms with Crippen molar-refractivity contribution in [1.82, 2.24) is 0 Å². The van der Waals surface area contributed by atoms with Gasteiger partial charge in [-0.2, -0.15) is 0 Å². The Kier molecular flexibility index (Phi) is 7.64. The van der Waals surface area contributed by atoms with Crippen molar-refractivity contribution >= 4 is 17.2 Å². The fraction of sp³-hybridized carbons (Fsp3) is 0.667. The maximum Gasteiger partial charge on any atom is 0.184 e. The molecule has 1 nitrogen and oxygen atoms in total. The third-order valence-electron chi connectivity index (χ3n) is 6.84. The van der Waals surface area contributed by atoms with E-state index in [1.807, 2.05) is 6.07 Å². The number of rotatable bonds is 7. The van der Waals surface area contributed by atoms with E-state index in [2.05, 4.69) is 13.0 Å². The van der Waals surface area contributed by atoms with E-state index in [4.69, 9.17) is 16.3 Å². The first kappa shape index (κ1) is 20.7. The molecular formula is C24H34ClFO. The van der Waals surface area contributed by atoms with Gasteiger partial charge in [0.1, 0.15) is 0 Å². The van der Waals surface area contributed by atoms with Crippen LogP contribution >= 0.6 is 11.6 Å². The van der Waals surface area contributed by atoms with E-state index in [1.54, 1.807) is 6.07 Å². The van der Waals surface area contributed by atoms with Crippen molar-refractivity contribution in [1.29, 1.82) is 0 Å². The highest BCUT2D eigenvalue weighted by atomic mass is 35.5. The molecular weight excluding hydrogens is 359 g/mol. The zero-order valence-corrected chi connectivity index (χ0v) is 17.7. The summed E-state index contributed by atoms with van der Waals surface area (Å²) in [4.78, 5) is 0. The molecule has 0 radical (unpaired) electrons. The van der Waals surface area contributed by atoms with Crippen LogP contribution in [-0.2, 0) is 0 Å². The Balaban J connectivity index is 1.54. The molecule has 0 bridgehead atoms. The predicted molar refractivity (Wildman–Crippen MR) is 113 cm³/mol. The van der Waals surface area contributed by atoms with Crippen LogP contribution in [-0.4, -0.2) is 7.11 Å². The minimum atomic E-state index is -0.443. The van der Waals surface area contributed by atoms with Crippen molar-refractivity contribution in [3.05, 3.63) is 34.6 Å². The monoisotopic (exact) mass is 392 g/mol. The number of allylic oxidation sites excluding steroid dienone is 2. The van der Waals surface area contributed by atoms with E-state index in [0.29, 0.717) is 0 Å². The van der Waals surface area contributed by atoms with Gasteiger partial charge in [-0.15, -0.1) is 0 Å². The average Bonchev–Trinajstić information content (AvgIpc) is 2.71. The van der Waals surface area contributed by atoms with E-state index in [0.717, 1.165) is 36.2 Å². The van der Waals surface area contributed by atoms with Gasteiger partial charge in [-0.3, -0.25) is 0 Å². The van der Waals surface area contributed by atoms with E-state index < -0.39 is 5.82 Å². The average molecular weight is 393 g/mol. The minimum Gasteiger partial charge on any atom is -0.494 e. The summed E-state index contributed by atoms with van der Waals surface area (Å²) in [5.74, 6) is 2.43. The summed E-state index contributed by atoms with van der Waals surface area (Å²) in [6.07, 6.45) is 16.9. The summed E-state index contributed by atoms with van der Waals surface area (Å²) in [5.41, 5.74) is 2.04. The normalized spacial score (nSPS) is 25.9. The second-order valence-corrected chi connectivity index (χ2v) is 8.86. The maximum absolute atomic E-state index is 14.2. The maximum atomic E-state index is 14.2. The molecule has 27 heavy (non-hydrogen) atoms. The fourth-order valence-corrected chi connectivity index (χ4v) is 5.37. The molecule has 0 aliphatic heterocycles. The number of methoxy groups -OCH3 is 1. The van der Waals surface area contributed by atoms with Crippen LogP contribution in [0.4, 0.5) is 4.39 Å². The zero-order chi connectivity index (χ0) is 19.2. The number of halogens is 2. The lowest BCUT2D eigenvalue weighted by atomic mass is 9.70. The molecule has 1 unspecified atom stereocenters. The van der Waals surface area contributed by atoms with Gasteiger partial charge in [0.2, 0.25) is 0 Å². The number of hydrogen-bond donors (Lipinski definition) is 0. The van der Waals surface area contributed by atoms with Crippen molar-refractivity contribution in [2.24, 2.45) is 17.8 Å². The molecule has 0 N–H and O–H groups in total. The van der Waals surface area contributed by atoms with Crippen LogP contribution in [0.25, 0.3) is 5.57 Å². The lowest BCUT2D eigenvalue weighted by molar-refractivity contribution is 0.187. The molecule has 1 atom stereocenters. The molecule has 0 heterocycles. The Morgan fingerprint density at radius 2 is 1.85 bits per heavy atom. The summed E-state index contributed by atoms with van der Waals surface area (Å²) >= 11 is 6.27. The van der Waals surface area contributed by atoms with Gasteiger partial charge in [-0.1, -0.05) is 63.1 Å². The first-order valence-corrected chi connectivity index (χ1v) is 11.2. The van der Waals surface area contributed by atoms with E-state index >= 15 is 0 Å². The highest BCUT2D eigenvalue weighted by Gasteiger charge is 2.29. The highest BCUT2D eigenvalue weighted by molar-refractivity contribution is 6.32. The van der Waals surface area contributed by atoms with E-state index in [-0.39, 0.29) is 10.8 Å². The molecule has 3 heteroatoms. The Hall–Kier alpha value is -1.02. The molecule has 2 aliphatic carbocycles. The second-order valence-electron chi connectivity index (χ2n) is 8.48. The third-order valence-corrected chi connectivity index (χ3v) is 7.21. The van der Waals surface area contributed by atoms with Gasteiger partial charge in [0.05, 0.1) is 12.1 Å². The molecule has 1 aromatic rings. The van der Waals surface area contributed by atoms with E-state index in [9.17, 15) is 4.39 Å². The highest BCUT2D eigenvalue weighted by Crippen LogP contribution is 2.43. The number of benzene rings is 1. The summed E-state index contributed by atoms with van der Waals surface area (Å²) in [6.45, 7) is 2.29. The summed E-state index contributed by atoms with van der Waals surface area (Å²) in [5, 5.41) is 0.201. The predicted octanol–water partition coefficient (Wildman–Crippen LogP) is 8.06.